The van der Waals surface area contributed by atoms with Crippen LogP contribution in [-0.2, 0) is 4.79 Å². The summed E-state index contributed by atoms with van der Waals surface area (Å²) in [6.45, 7) is 2.82. The van der Waals surface area contributed by atoms with E-state index in [1.165, 1.54) is 44.6 Å². The molecule has 10 heteroatoms. The van der Waals surface area contributed by atoms with E-state index < -0.39 is 0 Å². The van der Waals surface area contributed by atoms with Crippen molar-refractivity contribution >= 4 is 11.9 Å². The molecule has 1 fully saturated rings. The number of nitrogens with one attached hydrogen (secondary N) is 1. The van der Waals surface area contributed by atoms with E-state index in [2.05, 4.69) is 20.2 Å². The Morgan fingerprint density at radius 2 is 1.37 bits per heavy atom. The van der Waals surface area contributed by atoms with E-state index in [1.54, 1.807) is 24.3 Å². The molecular weight excluding hydrogens is 456 g/mol. The summed E-state index contributed by atoms with van der Waals surface area (Å²) in [4.78, 5) is 25.1. The molecule has 8 nitrogen and oxygen atoms in total. The number of halogens is 2. The Kier molecular flexibility index (Phi) is 7.84. The van der Waals surface area contributed by atoms with Gasteiger partial charge in [0, 0.05) is 26.2 Å². The molecule has 1 aliphatic heterocycles. The lowest BCUT2D eigenvalue weighted by atomic mass is 9.96. The summed E-state index contributed by atoms with van der Waals surface area (Å²) in [6.07, 6.45) is 0. The van der Waals surface area contributed by atoms with Gasteiger partial charge in [-0.05, 0) is 35.4 Å². The molecule has 1 aliphatic rings. The molecule has 1 amide bonds. The highest BCUT2D eigenvalue weighted by Crippen LogP contribution is 2.30. The molecule has 35 heavy (non-hydrogen) atoms. The molecule has 1 aromatic heterocycles. The number of nitrogens with zero attached hydrogens (tertiary/aromatic N) is 4. The predicted octanol–water partition coefficient (Wildman–Crippen LogP) is 3.12. The highest BCUT2D eigenvalue weighted by molar-refractivity contribution is 5.90. The van der Waals surface area contributed by atoms with Crippen molar-refractivity contribution in [1.82, 2.24) is 19.8 Å². The van der Waals surface area contributed by atoms with Crippen LogP contribution in [0.2, 0.25) is 0 Å². The minimum atomic E-state index is -0.305. The molecule has 0 aliphatic carbocycles. The monoisotopic (exact) mass is 483 g/mol. The van der Waals surface area contributed by atoms with Gasteiger partial charge in [0.05, 0.1) is 32.9 Å². The van der Waals surface area contributed by atoms with Crippen LogP contribution in [0.5, 0.6) is 11.8 Å². The van der Waals surface area contributed by atoms with Crippen molar-refractivity contribution in [3.05, 3.63) is 77.4 Å². The minimum Gasteiger partial charge on any atom is -0.481 e. The molecule has 0 bridgehead atoms. The van der Waals surface area contributed by atoms with E-state index in [0.29, 0.717) is 26.2 Å². The number of methoxy groups -OCH3 is 2. The molecule has 0 unspecified atom stereocenters. The van der Waals surface area contributed by atoms with Gasteiger partial charge in [-0.1, -0.05) is 24.3 Å². The molecule has 1 saturated heterocycles. The maximum absolute atomic E-state index is 13.5. The van der Waals surface area contributed by atoms with Crippen molar-refractivity contribution in [2.24, 2.45) is 0 Å². The van der Waals surface area contributed by atoms with Crippen molar-refractivity contribution in [3.63, 3.8) is 0 Å². The van der Waals surface area contributed by atoms with E-state index in [0.717, 1.165) is 11.1 Å². The number of anilines is 1. The first-order valence-corrected chi connectivity index (χ1v) is 11.2. The van der Waals surface area contributed by atoms with E-state index in [-0.39, 0.29) is 47.8 Å². The Balaban J connectivity index is 1.40. The van der Waals surface area contributed by atoms with Crippen molar-refractivity contribution in [2.45, 2.75) is 6.04 Å². The average molecular weight is 484 g/mol. The zero-order chi connectivity index (χ0) is 24.8. The van der Waals surface area contributed by atoms with Crippen LogP contribution in [0.25, 0.3) is 0 Å². The molecule has 0 saturated carbocycles. The predicted molar refractivity (Wildman–Crippen MR) is 126 cm³/mol. The molecule has 2 heterocycles. The molecule has 3 aromatic rings. The normalized spacial score (nSPS) is 14.7. The third kappa shape index (κ3) is 6.28. The molecule has 184 valence electrons. The fraction of sp³-hybridized carbons (Fsp3) is 0.320. The van der Waals surface area contributed by atoms with Crippen LogP contribution in [0.3, 0.4) is 0 Å². The second-order valence-electron chi connectivity index (χ2n) is 8.14. The standard InChI is InChI=1S/C25H27F2N5O3/c1-34-22-15-23(35-2)30-25(29-22)28-21(33)16-31-11-13-32(14-12-31)24(17-3-7-19(26)8-4-17)18-5-9-20(27)10-6-18/h3-10,15,24H,11-14,16H2,1-2H3,(H,28,29,30,33). The van der Waals surface area contributed by atoms with Gasteiger partial charge in [-0.2, -0.15) is 9.97 Å². The van der Waals surface area contributed by atoms with Crippen LogP contribution in [-0.4, -0.2) is 72.6 Å². The number of hydrogen-bond donors (Lipinski definition) is 1. The quantitative estimate of drug-likeness (QED) is 0.527. The first-order valence-electron chi connectivity index (χ1n) is 11.2. The summed E-state index contributed by atoms with van der Waals surface area (Å²) in [7, 11) is 2.94. The molecule has 1 N–H and O–H groups in total. The lowest BCUT2D eigenvalue weighted by molar-refractivity contribution is -0.117. The average Bonchev–Trinajstić information content (AvgIpc) is 2.87. The number of amides is 1. The summed E-state index contributed by atoms with van der Waals surface area (Å²) in [5, 5.41) is 2.69. The van der Waals surface area contributed by atoms with Gasteiger partial charge in [0.2, 0.25) is 23.6 Å². The van der Waals surface area contributed by atoms with Gasteiger partial charge in [-0.15, -0.1) is 0 Å². The largest absolute Gasteiger partial charge is 0.481 e. The number of hydrogen-bond acceptors (Lipinski definition) is 7. The molecule has 0 spiro atoms. The smallest absolute Gasteiger partial charge is 0.240 e. The fourth-order valence-corrected chi connectivity index (χ4v) is 4.12. The van der Waals surface area contributed by atoms with E-state index >= 15 is 0 Å². The SMILES string of the molecule is COc1cc(OC)nc(NC(=O)CN2CCN(C(c3ccc(F)cc3)c3ccc(F)cc3)CC2)n1. The van der Waals surface area contributed by atoms with Crippen LogP contribution in [0.1, 0.15) is 17.2 Å². The minimum absolute atomic E-state index is 0.109. The van der Waals surface area contributed by atoms with Gasteiger partial charge in [0.15, 0.2) is 0 Å². The second-order valence-corrected chi connectivity index (χ2v) is 8.14. The second kappa shape index (κ2) is 11.2. The Morgan fingerprint density at radius 1 is 0.886 bits per heavy atom. The molecule has 0 atom stereocenters. The zero-order valence-corrected chi connectivity index (χ0v) is 19.6. The summed E-state index contributed by atoms with van der Waals surface area (Å²) in [6, 6.07) is 14.1. The van der Waals surface area contributed by atoms with Crippen molar-refractivity contribution < 1.29 is 23.0 Å². The van der Waals surface area contributed by atoms with Gasteiger partial charge in [-0.3, -0.25) is 19.9 Å². The summed E-state index contributed by atoms with van der Waals surface area (Å²) in [5.41, 5.74) is 1.85. The van der Waals surface area contributed by atoms with Gasteiger partial charge in [0.25, 0.3) is 0 Å². The van der Waals surface area contributed by atoms with Crippen LogP contribution in [0.15, 0.2) is 54.6 Å². The first kappa shape index (κ1) is 24.5. The topological polar surface area (TPSA) is 79.8 Å². The Hall–Kier alpha value is -3.63. The number of piperazine rings is 1. The van der Waals surface area contributed by atoms with Gasteiger partial charge < -0.3 is 9.47 Å². The van der Waals surface area contributed by atoms with Crippen LogP contribution < -0.4 is 14.8 Å². The third-order valence-corrected chi connectivity index (χ3v) is 5.86. The van der Waals surface area contributed by atoms with Crippen LogP contribution in [0, 0.1) is 11.6 Å². The highest BCUT2D eigenvalue weighted by atomic mass is 19.1. The highest BCUT2D eigenvalue weighted by Gasteiger charge is 2.27. The molecular formula is C25H27F2N5O3. The van der Waals surface area contributed by atoms with Crippen molar-refractivity contribution in [1.29, 1.82) is 0 Å². The molecule has 4 rings (SSSR count). The van der Waals surface area contributed by atoms with Crippen molar-refractivity contribution in [3.8, 4) is 11.8 Å². The number of carbonyl (C=O) groups is 1. The number of benzene rings is 2. The third-order valence-electron chi connectivity index (χ3n) is 5.86. The lowest BCUT2D eigenvalue weighted by Gasteiger charge is -2.39. The lowest BCUT2D eigenvalue weighted by Crippen LogP contribution is -2.49. The van der Waals surface area contributed by atoms with Crippen LogP contribution in [0.4, 0.5) is 14.7 Å². The summed E-state index contributed by atoms with van der Waals surface area (Å²) >= 11 is 0. The van der Waals surface area contributed by atoms with E-state index in [9.17, 15) is 13.6 Å². The van der Waals surface area contributed by atoms with Gasteiger partial charge >= 0.3 is 0 Å². The zero-order valence-electron chi connectivity index (χ0n) is 19.6. The number of aromatic nitrogens is 2. The molecule has 2 aromatic carbocycles. The Morgan fingerprint density at radius 3 is 1.83 bits per heavy atom. The Labute approximate surface area is 202 Å². The molecule has 0 radical (unpaired) electrons. The maximum atomic E-state index is 13.5. The van der Waals surface area contributed by atoms with E-state index in [1.807, 2.05) is 4.90 Å². The maximum Gasteiger partial charge on any atom is 0.240 e. The number of ether oxygens (including phenoxy) is 2. The van der Waals surface area contributed by atoms with Crippen molar-refractivity contribution in [2.75, 3.05) is 52.3 Å². The summed E-state index contributed by atoms with van der Waals surface area (Å²) in [5.74, 6) is -0.179. The van der Waals surface area contributed by atoms with Crippen LogP contribution >= 0.6 is 0 Å². The first-order chi connectivity index (χ1) is 16.9. The Bertz CT molecular complexity index is 1070. The van der Waals surface area contributed by atoms with Gasteiger partial charge in [0.1, 0.15) is 11.6 Å². The van der Waals surface area contributed by atoms with Gasteiger partial charge in [-0.25, -0.2) is 8.78 Å². The number of carbonyl (C=O) groups excluding carboxylic acids is 1. The number of rotatable bonds is 8. The summed E-state index contributed by atoms with van der Waals surface area (Å²) < 4.78 is 37.3. The fourth-order valence-electron chi connectivity index (χ4n) is 4.12. The van der Waals surface area contributed by atoms with E-state index in [4.69, 9.17) is 9.47 Å².